The molecule has 0 saturated carbocycles. The number of hydrogen-bond acceptors (Lipinski definition) is 5. The quantitative estimate of drug-likeness (QED) is 0.487. The normalized spacial score (nSPS) is 15.9. The lowest BCUT2D eigenvalue weighted by Crippen LogP contribution is -2.39. The van der Waals surface area contributed by atoms with Gasteiger partial charge in [0, 0.05) is 56.2 Å². The molecule has 1 N–H and O–H groups in total. The van der Waals surface area contributed by atoms with E-state index in [1.165, 1.54) is 12.1 Å². The monoisotopic (exact) mass is 479 g/mol. The molecule has 4 rings (SSSR count). The van der Waals surface area contributed by atoms with Gasteiger partial charge in [0.2, 0.25) is 5.91 Å². The first-order valence-electron chi connectivity index (χ1n) is 12.4. The van der Waals surface area contributed by atoms with E-state index < -0.39 is 0 Å². The summed E-state index contributed by atoms with van der Waals surface area (Å²) < 4.78 is 18.7. The van der Waals surface area contributed by atoms with Crippen molar-refractivity contribution in [3.63, 3.8) is 0 Å². The number of hydrogen-bond donors (Lipinski definition) is 1. The van der Waals surface area contributed by atoms with Gasteiger partial charge in [0.15, 0.2) is 0 Å². The molecule has 2 aromatic carbocycles. The molecule has 1 amide bonds. The number of methoxy groups -OCH3 is 1. The van der Waals surface area contributed by atoms with Gasteiger partial charge in [-0.15, -0.1) is 0 Å². The Hall–Kier alpha value is -3.19. The lowest BCUT2D eigenvalue weighted by atomic mass is 9.98. The van der Waals surface area contributed by atoms with E-state index in [9.17, 15) is 14.3 Å². The molecule has 1 aliphatic heterocycles. The molecule has 1 aliphatic rings. The Kier molecular flexibility index (Phi) is 8.18. The van der Waals surface area contributed by atoms with E-state index in [-0.39, 0.29) is 24.2 Å². The van der Waals surface area contributed by atoms with Gasteiger partial charge in [-0.05, 0) is 61.1 Å². The van der Waals surface area contributed by atoms with E-state index >= 15 is 0 Å². The van der Waals surface area contributed by atoms with Crippen LogP contribution in [0, 0.1) is 11.7 Å². The molecule has 0 aliphatic carbocycles. The number of halogens is 1. The first kappa shape index (κ1) is 24.9. The Morgan fingerprint density at radius 2 is 2.03 bits per heavy atom. The van der Waals surface area contributed by atoms with Gasteiger partial charge in [0.05, 0.1) is 12.6 Å². The smallest absolute Gasteiger partial charge is 0.222 e. The number of carbonyl (C=O) groups is 1. The van der Waals surface area contributed by atoms with Gasteiger partial charge in [0.1, 0.15) is 17.4 Å². The summed E-state index contributed by atoms with van der Waals surface area (Å²) in [7, 11) is 1.64. The number of fused-ring (bicyclic) bond motifs is 1. The van der Waals surface area contributed by atoms with Crippen LogP contribution < -0.4 is 9.64 Å². The molecule has 1 fully saturated rings. The number of nitrogens with zero attached hydrogens (tertiary/aromatic N) is 3. The number of piperidine rings is 1. The van der Waals surface area contributed by atoms with Crippen LogP contribution in [0.1, 0.15) is 37.3 Å². The predicted molar refractivity (Wildman–Crippen MR) is 136 cm³/mol. The summed E-state index contributed by atoms with van der Waals surface area (Å²) in [6.45, 7) is 4.61. The summed E-state index contributed by atoms with van der Waals surface area (Å²) in [6.07, 6.45) is 3.05. The average Bonchev–Trinajstić information content (AvgIpc) is 2.90. The minimum atomic E-state index is -0.263. The predicted octanol–water partition coefficient (Wildman–Crippen LogP) is 4.57. The number of rotatable bonds is 9. The Balaban J connectivity index is 1.66. The van der Waals surface area contributed by atoms with E-state index in [0.717, 1.165) is 59.5 Å². The maximum absolute atomic E-state index is 13.3. The number of aliphatic hydroxyl groups is 1. The highest BCUT2D eigenvalue weighted by Crippen LogP contribution is 2.30. The number of ether oxygens (including phenoxy) is 1. The van der Waals surface area contributed by atoms with Gasteiger partial charge in [-0.3, -0.25) is 4.79 Å². The van der Waals surface area contributed by atoms with Crippen molar-refractivity contribution in [2.45, 2.75) is 39.2 Å². The number of benzene rings is 2. The lowest BCUT2D eigenvalue weighted by Gasteiger charge is -2.35. The summed E-state index contributed by atoms with van der Waals surface area (Å²) in [4.78, 5) is 22.0. The summed E-state index contributed by atoms with van der Waals surface area (Å²) in [5.41, 5.74) is 2.82. The van der Waals surface area contributed by atoms with Gasteiger partial charge in [-0.1, -0.05) is 19.1 Å². The van der Waals surface area contributed by atoms with E-state index in [1.54, 1.807) is 19.2 Å². The molecule has 7 heteroatoms. The van der Waals surface area contributed by atoms with Gasteiger partial charge in [-0.25, -0.2) is 9.37 Å². The van der Waals surface area contributed by atoms with E-state index in [1.807, 2.05) is 30.0 Å². The van der Waals surface area contributed by atoms with Crippen molar-refractivity contribution in [1.82, 2.24) is 9.88 Å². The molecule has 1 saturated heterocycles. The zero-order valence-corrected chi connectivity index (χ0v) is 20.5. The molecular weight excluding hydrogens is 445 g/mol. The minimum absolute atomic E-state index is 0.0692. The van der Waals surface area contributed by atoms with Crippen LogP contribution >= 0.6 is 0 Å². The molecular formula is C28H34FN3O3. The average molecular weight is 480 g/mol. The van der Waals surface area contributed by atoms with Crippen LogP contribution in [0.15, 0.2) is 48.5 Å². The molecule has 6 nitrogen and oxygen atoms in total. The second-order valence-corrected chi connectivity index (χ2v) is 9.21. The SMILES string of the molecule is CCC(=O)N(CCc1ccc(F)cc1)Cc1cc2ccc(OC)cc2nc1N1CCC[C@@H](CO)C1. The van der Waals surface area contributed by atoms with E-state index in [4.69, 9.17) is 9.72 Å². The van der Waals surface area contributed by atoms with Gasteiger partial charge in [-0.2, -0.15) is 0 Å². The van der Waals surface area contributed by atoms with E-state index in [2.05, 4.69) is 11.0 Å². The highest BCUT2D eigenvalue weighted by molar-refractivity contribution is 5.84. The third-order valence-corrected chi connectivity index (χ3v) is 6.76. The first-order valence-corrected chi connectivity index (χ1v) is 12.4. The first-order chi connectivity index (χ1) is 17.0. The fraction of sp³-hybridized carbons (Fsp3) is 0.429. The number of aliphatic hydroxyl groups excluding tert-OH is 1. The third kappa shape index (κ3) is 6.09. The number of anilines is 1. The van der Waals surface area contributed by atoms with Crippen LogP contribution in [0.25, 0.3) is 10.9 Å². The van der Waals surface area contributed by atoms with Gasteiger partial charge >= 0.3 is 0 Å². The molecule has 35 heavy (non-hydrogen) atoms. The van der Waals surface area contributed by atoms with Gasteiger partial charge in [0.25, 0.3) is 0 Å². The van der Waals surface area contributed by atoms with Crippen molar-refractivity contribution in [1.29, 1.82) is 0 Å². The Morgan fingerprint density at radius 3 is 2.74 bits per heavy atom. The second-order valence-electron chi connectivity index (χ2n) is 9.21. The van der Waals surface area contributed by atoms with Crippen LogP contribution in [0.2, 0.25) is 0 Å². The highest BCUT2D eigenvalue weighted by Gasteiger charge is 2.24. The van der Waals surface area contributed by atoms with Crippen molar-refractivity contribution in [2.75, 3.05) is 38.3 Å². The van der Waals surface area contributed by atoms with Crippen LogP contribution in [0.3, 0.4) is 0 Å². The number of carbonyl (C=O) groups excluding carboxylic acids is 1. The Labute approximate surface area is 206 Å². The van der Waals surface area contributed by atoms with Crippen LogP contribution in [0.4, 0.5) is 10.2 Å². The zero-order chi connectivity index (χ0) is 24.8. The fourth-order valence-electron chi connectivity index (χ4n) is 4.74. The number of amides is 1. The Morgan fingerprint density at radius 1 is 1.23 bits per heavy atom. The summed E-state index contributed by atoms with van der Waals surface area (Å²) >= 11 is 0. The molecule has 0 radical (unpaired) electrons. The topological polar surface area (TPSA) is 65.9 Å². The summed E-state index contributed by atoms with van der Waals surface area (Å²) in [5, 5.41) is 10.8. The maximum atomic E-state index is 13.3. The van der Waals surface area contributed by atoms with Crippen LogP contribution in [-0.2, 0) is 17.8 Å². The van der Waals surface area contributed by atoms with E-state index in [0.29, 0.717) is 25.9 Å². The van der Waals surface area contributed by atoms with Crippen molar-refractivity contribution >= 4 is 22.6 Å². The Bertz CT molecular complexity index is 1150. The van der Waals surface area contributed by atoms with Crippen molar-refractivity contribution in [3.8, 4) is 5.75 Å². The zero-order valence-electron chi connectivity index (χ0n) is 20.5. The largest absolute Gasteiger partial charge is 0.497 e. The van der Waals surface area contributed by atoms with Crippen LogP contribution in [-0.4, -0.2) is 54.2 Å². The molecule has 1 atom stereocenters. The highest BCUT2D eigenvalue weighted by atomic mass is 19.1. The second kappa shape index (κ2) is 11.5. The lowest BCUT2D eigenvalue weighted by molar-refractivity contribution is -0.131. The fourth-order valence-corrected chi connectivity index (χ4v) is 4.74. The number of aromatic nitrogens is 1. The molecule has 1 aromatic heterocycles. The van der Waals surface area contributed by atoms with Crippen molar-refractivity contribution < 1.29 is 19.0 Å². The molecule has 186 valence electrons. The molecule has 3 aromatic rings. The maximum Gasteiger partial charge on any atom is 0.222 e. The third-order valence-electron chi connectivity index (χ3n) is 6.76. The van der Waals surface area contributed by atoms with Gasteiger partial charge < -0.3 is 19.6 Å². The standard InChI is InChI=1S/C28H34FN3O3/c1-3-27(34)31(14-12-20-6-9-24(29)10-7-20)18-23-15-22-8-11-25(35-2)16-26(22)30-28(23)32-13-4-5-21(17-32)19-33/h6-11,15-16,21,33H,3-5,12-14,17-19H2,1-2H3/t21-/m1/s1. The van der Waals surface area contributed by atoms with Crippen molar-refractivity contribution in [3.05, 3.63) is 65.5 Å². The molecule has 2 heterocycles. The van der Waals surface area contributed by atoms with Crippen molar-refractivity contribution in [2.24, 2.45) is 5.92 Å². The van der Waals surface area contributed by atoms with Crippen LogP contribution in [0.5, 0.6) is 5.75 Å². The molecule has 0 spiro atoms. The minimum Gasteiger partial charge on any atom is -0.497 e. The summed E-state index contributed by atoms with van der Waals surface area (Å²) in [5.74, 6) is 1.63. The summed E-state index contributed by atoms with van der Waals surface area (Å²) in [6, 6.07) is 14.4. The number of pyridine rings is 1. The molecule has 0 bridgehead atoms. The molecule has 0 unspecified atom stereocenters.